The summed E-state index contributed by atoms with van der Waals surface area (Å²) in [5, 5.41) is 14.6. The highest BCUT2D eigenvalue weighted by atomic mass is 19.1. The van der Waals surface area contributed by atoms with Crippen LogP contribution in [0.15, 0.2) is 54.9 Å². The van der Waals surface area contributed by atoms with Gasteiger partial charge in [0.1, 0.15) is 12.1 Å². The fraction of sp³-hybridized carbons (Fsp3) is 0.158. The van der Waals surface area contributed by atoms with Crippen molar-refractivity contribution in [2.75, 3.05) is 16.8 Å². The highest BCUT2D eigenvalue weighted by Crippen LogP contribution is 2.40. The Morgan fingerprint density at radius 3 is 2.70 bits per heavy atom. The summed E-state index contributed by atoms with van der Waals surface area (Å²) in [6.45, 7) is 0.605. The molecule has 0 amide bonds. The van der Waals surface area contributed by atoms with E-state index in [1.807, 2.05) is 29.2 Å². The second-order valence-corrected chi connectivity index (χ2v) is 6.14. The van der Waals surface area contributed by atoms with Crippen molar-refractivity contribution in [1.82, 2.24) is 9.97 Å². The average molecular weight is 365 g/mol. The van der Waals surface area contributed by atoms with Crippen LogP contribution in [0.2, 0.25) is 0 Å². The summed E-state index contributed by atoms with van der Waals surface area (Å²) in [4.78, 5) is 21.3. The van der Waals surface area contributed by atoms with Crippen LogP contribution in [-0.2, 0) is 6.42 Å². The molecule has 0 bridgehead atoms. The van der Waals surface area contributed by atoms with E-state index in [0.717, 1.165) is 24.1 Å². The molecule has 3 aromatic rings. The zero-order valence-corrected chi connectivity index (χ0v) is 14.3. The first-order valence-electron chi connectivity index (χ1n) is 8.51. The molecular weight excluding hydrogens is 349 g/mol. The maximum atomic E-state index is 14.0. The predicted molar refractivity (Wildman–Crippen MR) is 100 cm³/mol. The van der Waals surface area contributed by atoms with Gasteiger partial charge >= 0.3 is 5.69 Å². The van der Waals surface area contributed by atoms with E-state index in [0.29, 0.717) is 6.54 Å². The number of hydrogen-bond acceptors (Lipinski definition) is 6. The summed E-state index contributed by atoms with van der Waals surface area (Å²) < 4.78 is 14.0. The van der Waals surface area contributed by atoms with E-state index in [9.17, 15) is 14.5 Å². The van der Waals surface area contributed by atoms with Gasteiger partial charge in [-0.2, -0.15) is 0 Å². The van der Waals surface area contributed by atoms with E-state index in [2.05, 4.69) is 15.3 Å². The lowest BCUT2D eigenvalue weighted by atomic mass is 10.0. The Balaban J connectivity index is 1.81. The molecule has 0 atom stereocenters. The molecule has 0 spiro atoms. The third kappa shape index (κ3) is 3.17. The Hall–Kier alpha value is -3.55. The number of rotatable bonds is 4. The van der Waals surface area contributed by atoms with Gasteiger partial charge in [-0.1, -0.05) is 30.3 Å². The van der Waals surface area contributed by atoms with Gasteiger partial charge in [0.05, 0.1) is 10.6 Å². The summed E-state index contributed by atoms with van der Waals surface area (Å²) in [6, 6.07) is 13.7. The highest BCUT2D eigenvalue weighted by molar-refractivity contribution is 5.79. The highest BCUT2D eigenvalue weighted by Gasteiger charge is 2.30. The topological polar surface area (TPSA) is 84.2 Å². The first kappa shape index (κ1) is 16.9. The zero-order valence-electron chi connectivity index (χ0n) is 14.3. The van der Waals surface area contributed by atoms with E-state index in [1.54, 1.807) is 12.1 Å². The van der Waals surface area contributed by atoms with Crippen molar-refractivity contribution >= 4 is 28.7 Å². The van der Waals surface area contributed by atoms with E-state index < -0.39 is 10.7 Å². The third-order valence-corrected chi connectivity index (χ3v) is 4.48. The van der Waals surface area contributed by atoms with Crippen LogP contribution in [0.5, 0.6) is 0 Å². The number of nitrogens with one attached hydrogen (secondary N) is 1. The van der Waals surface area contributed by atoms with Crippen molar-refractivity contribution in [3.05, 3.63) is 76.4 Å². The number of para-hydroxylation sites is 2. The fourth-order valence-corrected chi connectivity index (χ4v) is 3.27. The van der Waals surface area contributed by atoms with Crippen LogP contribution in [0.3, 0.4) is 0 Å². The maximum absolute atomic E-state index is 14.0. The molecule has 8 heteroatoms. The molecule has 0 unspecified atom stereocenters. The summed E-state index contributed by atoms with van der Waals surface area (Å²) in [7, 11) is 0. The van der Waals surface area contributed by atoms with Gasteiger partial charge in [-0.05, 0) is 36.6 Å². The van der Waals surface area contributed by atoms with Crippen molar-refractivity contribution in [2.45, 2.75) is 12.8 Å². The monoisotopic (exact) mass is 365 g/mol. The van der Waals surface area contributed by atoms with Gasteiger partial charge in [-0.15, -0.1) is 0 Å². The molecule has 1 N–H and O–H groups in total. The van der Waals surface area contributed by atoms with Crippen molar-refractivity contribution in [3.8, 4) is 0 Å². The summed E-state index contributed by atoms with van der Waals surface area (Å²) in [5.41, 5.74) is 1.84. The molecule has 1 aliphatic rings. The number of hydrogen-bond donors (Lipinski definition) is 1. The molecule has 0 fully saturated rings. The molecule has 2 heterocycles. The molecule has 27 heavy (non-hydrogen) atoms. The quantitative estimate of drug-likeness (QED) is 0.546. The van der Waals surface area contributed by atoms with Crippen LogP contribution in [-0.4, -0.2) is 21.4 Å². The van der Waals surface area contributed by atoms with Crippen molar-refractivity contribution in [3.63, 3.8) is 0 Å². The SMILES string of the molecule is O=[N+]([O-])c1c(Nc2ccccc2F)ncnc1N1CCCc2ccccc21. The third-order valence-electron chi connectivity index (χ3n) is 4.48. The first-order chi connectivity index (χ1) is 13.1. The standard InChI is InChI=1S/C19H16FN5O2/c20-14-8-2-3-9-15(14)23-18-17(25(26)27)19(22-12-21-18)24-11-5-7-13-6-1-4-10-16(13)24/h1-4,6,8-10,12H,5,7,11H2,(H,21,22,23). The minimum absolute atomic E-state index is 0.0434. The van der Waals surface area contributed by atoms with Crippen molar-refractivity contribution in [1.29, 1.82) is 0 Å². The number of halogens is 1. The van der Waals surface area contributed by atoms with Gasteiger partial charge in [0.25, 0.3) is 0 Å². The lowest BCUT2D eigenvalue weighted by Crippen LogP contribution is -2.26. The van der Waals surface area contributed by atoms with Gasteiger partial charge < -0.3 is 10.2 Å². The molecular formula is C19H16FN5O2. The Labute approximate surface area is 154 Å². The Kier molecular flexibility index (Phi) is 4.37. The normalized spacial score (nSPS) is 13.1. The number of nitro groups is 1. The molecule has 1 aromatic heterocycles. The lowest BCUT2D eigenvalue weighted by molar-refractivity contribution is -0.383. The summed E-state index contributed by atoms with van der Waals surface area (Å²) in [6.07, 6.45) is 3.02. The van der Waals surface area contributed by atoms with E-state index in [1.165, 1.54) is 18.5 Å². The van der Waals surface area contributed by atoms with E-state index in [4.69, 9.17) is 0 Å². The molecule has 7 nitrogen and oxygen atoms in total. The van der Waals surface area contributed by atoms with Crippen molar-refractivity contribution in [2.24, 2.45) is 0 Å². The van der Waals surface area contributed by atoms with Crippen LogP contribution < -0.4 is 10.2 Å². The molecule has 0 saturated carbocycles. The minimum atomic E-state index is -0.532. The van der Waals surface area contributed by atoms with Crippen LogP contribution in [0.1, 0.15) is 12.0 Å². The number of benzene rings is 2. The smallest absolute Gasteiger partial charge is 0.332 e. The second kappa shape index (κ2) is 6.99. The second-order valence-electron chi connectivity index (χ2n) is 6.14. The predicted octanol–water partition coefficient (Wildman–Crippen LogP) is 4.35. The van der Waals surface area contributed by atoms with E-state index in [-0.39, 0.29) is 23.0 Å². The lowest BCUT2D eigenvalue weighted by Gasteiger charge is -2.30. The van der Waals surface area contributed by atoms with Crippen LogP contribution in [0, 0.1) is 15.9 Å². The van der Waals surface area contributed by atoms with Crippen LogP contribution >= 0.6 is 0 Å². The first-order valence-corrected chi connectivity index (χ1v) is 8.51. The zero-order chi connectivity index (χ0) is 18.8. The van der Waals surface area contributed by atoms with Gasteiger partial charge in [0.2, 0.25) is 11.6 Å². The fourth-order valence-electron chi connectivity index (χ4n) is 3.27. The van der Waals surface area contributed by atoms with Crippen LogP contribution in [0.4, 0.5) is 33.1 Å². The average Bonchev–Trinajstić information content (AvgIpc) is 2.69. The molecule has 0 radical (unpaired) electrons. The molecule has 136 valence electrons. The number of nitrogens with zero attached hydrogens (tertiary/aromatic N) is 4. The van der Waals surface area contributed by atoms with Gasteiger partial charge in [0, 0.05) is 12.2 Å². The molecule has 0 saturated heterocycles. The van der Waals surface area contributed by atoms with Gasteiger partial charge in [0.15, 0.2) is 0 Å². The number of aryl methyl sites for hydroxylation is 1. The molecule has 2 aromatic carbocycles. The van der Waals surface area contributed by atoms with Crippen molar-refractivity contribution < 1.29 is 9.31 Å². The van der Waals surface area contributed by atoms with E-state index >= 15 is 0 Å². The Bertz CT molecular complexity index is 1010. The summed E-state index contributed by atoms with van der Waals surface area (Å²) >= 11 is 0. The number of anilines is 4. The summed E-state index contributed by atoms with van der Waals surface area (Å²) in [5.74, 6) is -0.366. The number of fused-ring (bicyclic) bond motifs is 1. The number of aromatic nitrogens is 2. The Morgan fingerprint density at radius 2 is 1.89 bits per heavy atom. The van der Waals surface area contributed by atoms with Gasteiger partial charge in [-0.25, -0.2) is 14.4 Å². The Morgan fingerprint density at radius 1 is 1.11 bits per heavy atom. The van der Waals surface area contributed by atoms with Crippen LogP contribution in [0.25, 0.3) is 0 Å². The molecule has 0 aliphatic carbocycles. The maximum Gasteiger partial charge on any atom is 0.354 e. The largest absolute Gasteiger partial charge is 0.354 e. The minimum Gasteiger partial charge on any atom is -0.332 e. The molecule has 4 rings (SSSR count). The van der Waals surface area contributed by atoms with Gasteiger partial charge in [-0.3, -0.25) is 10.1 Å². The molecule has 1 aliphatic heterocycles.